The van der Waals surface area contributed by atoms with Crippen LogP contribution in [0.4, 0.5) is 0 Å². The average Bonchev–Trinajstić information content (AvgIpc) is 3.18. The number of halogens is 2. The lowest BCUT2D eigenvalue weighted by atomic mass is 10.0. The summed E-state index contributed by atoms with van der Waals surface area (Å²) in [7, 11) is -3.25. The summed E-state index contributed by atoms with van der Waals surface area (Å²) in [4.78, 5) is 5.16. The van der Waals surface area contributed by atoms with Gasteiger partial charge >= 0.3 is 0 Å². The zero-order valence-electron chi connectivity index (χ0n) is 17.6. The first-order valence-corrected chi connectivity index (χ1v) is 13.5. The fourth-order valence-corrected chi connectivity index (χ4v) is 7.14. The molecule has 0 amide bonds. The predicted molar refractivity (Wildman–Crippen MR) is 119 cm³/mol. The van der Waals surface area contributed by atoms with E-state index in [4.69, 9.17) is 28.1 Å². The molecule has 2 aliphatic heterocycles. The van der Waals surface area contributed by atoms with Crippen LogP contribution in [-0.4, -0.2) is 29.8 Å². The minimum atomic E-state index is -4.94. The van der Waals surface area contributed by atoms with E-state index in [0.717, 1.165) is 34.6 Å². The number of hydrogen-bond acceptors (Lipinski definition) is 9. The highest BCUT2D eigenvalue weighted by molar-refractivity contribution is 9.10. The Morgan fingerprint density at radius 1 is 1.03 bits per heavy atom. The summed E-state index contributed by atoms with van der Waals surface area (Å²) in [5, 5.41) is 0. The van der Waals surface area contributed by atoms with Gasteiger partial charge in [-0.05, 0) is 49.0 Å². The molecule has 0 saturated heterocycles. The first-order valence-electron chi connectivity index (χ1n) is 9.68. The summed E-state index contributed by atoms with van der Waals surface area (Å²) in [6, 6.07) is 14.5. The largest absolute Gasteiger partial charge is 0.497 e. The second kappa shape index (κ2) is 11.0. The van der Waals surface area contributed by atoms with Crippen molar-refractivity contribution in [2.24, 2.45) is 0 Å². The van der Waals surface area contributed by atoms with Crippen LogP contribution < -0.4 is 28.1 Å². The molecule has 0 saturated carbocycles. The molecule has 7 nitrogen and oxygen atoms in total. The van der Waals surface area contributed by atoms with Gasteiger partial charge in [0, 0.05) is 19.8 Å². The van der Waals surface area contributed by atoms with Crippen LogP contribution in [0, 0.1) is 10.2 Å². The molecule has 0 fully saturated rings. The summed E-state index contributed by atoms with van der Waals surface area (Å²) >= 11 is 7.50. The molecule has 2 atom stereocenters. The van der Waals surface area contributed by atoms with Crippen LogP contribution in [0.15, 0.2) is 51.8 Å². The topological polar surface area (TPSA) is 114 Å². The Hall–Kier alpha value is -0.950. The van der Waals surface area contributed by atoms with Crippen molar-refractivity contribution >= 4 is 44.4 Å². The molecule has 2 aromatic carbocycles. The minimum Gasteiger partial charge on any atom is -0.497 e. The molecule has 2 unspecified atom stereocenters. The van der Waals surface area contributed by atoms with Gasteiger partial charge in [-0.1, -0.05) is 65.4 Å². The van der Waals surface area contributed by atoms with E-state index in [1.165, 1.54) is 15.4 Å². The van der Waals surface area contributed by atoms with Crippen LogP contribution in [-0.2, 0) is 0 Å². The van der Waals surface area contributed by atoms with E-state index < -0.39 is 10.2 Å². The van der Waals surface area contributed by atoms with Gasteiger partial charge in [0.05, 0.1) is 7.11 Å². The van der Waals surface area contributed by atoms with Crippen LogP contribution in [0.3, 0.4) is 0 Å². The molecule has 0 aliphatic carbocycles. The van der Waals surface area contributed by atoms with Crippen molar-refractivity contribution in [1.82, 2.24) is 4.90 Å². The fraction of sp³-hybridized carbons (Fsp3) is 0.333. The number of fused-ring (bicyclic) bond motifs is 2. The van der Waals surface area contributed by atoms with E-state index in [1.807, 2.05) is 41.7 Å². The van der Waals surface area contributed by atoms with Gasteiger partial charge in [0.25, 0.3) is 0 Å². The van der Waals surface area contributed by atoms with E-state index in [0.29, 0.717) is 4.71 Å². The molecule has 2 aliphatic rings. The quantitative estimate of drug-likeness (QED) is 0.535. The molecular weight excluding hydrogens is 542 g/mol. The van der Waals surface area contributed by atoms with Crippen molar-refractivity contribution in [3.05, 3.63) is 63.0 Å². The smallest absolute Gasteiger partial charge is 0.156 e. The maximum atomic E-state index is 8.49. The van der Waals surface area contributed by atoms with Gasteiger partial charge in [-0.25, -0.2) is 18.6 Å². The molecule has 0 N–H and O–H groups in total. The second-order valence-corrected chi connectivity index (χ2v) is 10.9. The Morgan fingerprint density at radius 2 is 1.66 bits per heavy atom. The van der Waals surface area contributed by atoms with Gasteiger partial charge < -0.3 is 9.47 Å². The molecule has 2 aromatic rings. The molecule has 0 aromatic heterocycles. The summed E-state index contributed by atoms with van der Waals surface area (Å²) in [6.07, 6.45) is -0.0716. The normalized spacial score (nSPS) is 19.7. The van der Waals surface area contributed by atoms with E-state index in [-0.39, 0.29) is 6.10 Å². The lowest BCUT2D eigenvalue weighted by Crippen LogP contribution is -2.68. The Bertz CT molecular complexity index is 960. The van der Waals surface area contributed by atoms with Gasteiger partial charge in [0.15, 0.2) is 6.10 Å². The number of thioether (sulfide) groups is 2. The number of hydrogen-bond donors (Lipinski definition) is 0. The molecule has 0 bridgehead atoms. The zero-order chi connectivity index (χ0) is 23.5. The molecule has 0 radical (unpaired) electrons. The Kier molecular flexibility index (Phi) is 8.81. The standard InChI is InChI=1S/C21H22BrNO2S2.ClHO4/c1-4-23(5-2)21-26-19-16-12-14(22)8-11-17(16)25-18(20(19)27-21)13-6-9-15(24-3)10-7-13;2-1(3,4)5/h6-12,18,21H,4-5H2,1-3H3;(H,2,3,4,5)/p-1. The summed E-state index contributed by atoms with van der Waals surface area (Å²) in [5.74, 6) is 1.81. The fourth-order valence-electron chi connectivity index (χ4n) is 3.35. The van der Waals surface area contributed by atoms with Gasteiger partial charge in [-0.3, -0.25) is 4.90 Å². The van der Waals surface area contributed by atoms with E-state index >= 15 is 0 Å². The Balaban J connectivity index is 0.000000523. The van der Waals surface area contributed by atoms with Crippen LogP contribution in [0.5, 0.6) is 11.5 Å². The van der Waals surface area contributed by atoms with Crippen molar-refractivity contribution in [3.8, 4) is 11.5 Å². The first kappa shape index (κ1) is 25.7. The maximum Gasteiger partial charge on any atom is 0.156 e. The van der Waals surface area contributed by atoms with E-state index in [9.17, 15) is 0 Å². The molecular formula is C21H22BrClNO6S2-. The number of benzene rings is 2. The zero-order valence-corrected chi connectivity index (χ0v) is 21.6. The van der Waals surface area contributed by atoms with Crippen LogP contribution in [0.2, 0.25) is 0 Å². The van der Waals surface area contributed by atoms with Crippen molar-refractivity contribution in [1.29, 1.82) is 0 Å². The summed E-state index contributed by atoms with van der Waals surface area (Å²) < 4.78 is 47.2. The summed E-state index contributed by atoms with van der Waals surface area (Å²) in [5.41, 5.74) is 2.35. The third-order valence-electron chi connectivity index (χ3n) is 4.87. The van der Waals surface area contributed by atoms with E-state index in [1.54, 1.807) is 7.11 Å². The maximum absolute atomic E-state index is 8.49. The molecule has 0 spiro atoms. The van der Waals surface area contributed by atoms with Gasteiger partial charge in [0.2, 0.25) is 0 Å². The molecule has 32 heavy (non-hydrogen) atoms. The van der Waals surface area contributed by atoms with Crippen LogP contribution >= 0.6 is 39.5 Å². The second-order valence-electron chi connectivity index (χ2n) is 6.75. The number of methoxy groups -OCH3 is 1. The number of ether oxygens (including phenoxy) is 2. The highest BCUT2D eigenvalue weighted by Gasteiger charge is 2.39. The lowest BCUT2D eigenvalue weighted by Gasteiger charge is -2.28. The van der Waals surface area contributed by atoms with Gasteiger partial charge in [0.1, 0.15) is 16.2 Å². The average molecular weight is 564 g/mol. The molecule has 4 rings (SSSR count). The van der Waals surface area contributed by atoms with Crippen LogP contribution in [0.25, 0.3) is 4.91 Å². The van der Waals surface area contributed by atoms with Crippen LogP contribution in [0.1, 0.15) is 31.1 Å². The highest BCUT2D eigenvalue weighted by Crippen LogP contribution is 2.60. The Morgan fingerprint density at radius 3 is 2.22 bits per heavy atom. The molecule has 2 heterocycles. The Labute approximate surface area is 206 Å². The monoisotopic (exact) mass is 562 g/mol. The van der Waals surface area contributed by atoms with Crippen molar-refractivity contribution in [2.45, 2.75) is 24.7 Å². The van der Waals surface area contributed by atoms with Crippen molar-refractivity contribution < 1.29 is 38.4 Å². The van der Waals surface area contributed by atoms with E-state index in [2.05, 4.69) is 58.9 Å². The molecule has 174 valence electrons. The SMILES string of the molecule is CCN(CC)C1SC2=C(S1)C(c1ccc(OC)cc1)Oc1ccc(Br)cc12.[O-][Cl+3]([O-])([O-])[O-]. The third-order valence-corrected chi connectivity index (χ3v) is 8.42. The lowest BCUT2D eigenvalue weighted by molar-refractivity contribution is -2.00. The summed E-state index contributed by atoms with van der Waals surface area (Å²) in [6.45, 7) is 6.54. The highest BCUT2D eigenvalue weighted by atomic mass is 79.9. The first-order chi connectivity index (χ1) is 15.1. The number of nitrogens with zero attached hydrogens (tertiary/aromatic N) is 1. The van der Waals surface area contributed by atoms with Gasteiger partial charge in [-0.15, -0.1) is 10.2 Å². The van der Waals surface area contributed by atoms with Gasteiger partial charge in [-0.2, -0.15) is 0 Å². The van der Waals surface area contributed by atoms with Crippen molar-refractivity contribution in [2.75, 3.05) is 20.2 Å². The number of rotatable bonds is 5. The third kappa shape index (κ3) is 6.34. The molecule has 11 heteroatoms. The van der Waals surface area contributed by atoms with Crippen molar-refractivity contribution in [3.63, 3.8) is 0 Å². The minimum absolute atomic E-state index is 0.0716. The predicted octanol–water partition coefficient (Wildman–Crippen LogP) is 1.61.